The molecule has 222 valence electrons. The van der Waals surface area contributed by atoms with E-state index in [0.717, 1.165) is 0 Å². The molecule has 0 aliphatic carbocycles. The first-order chi connectivity index (χ1) is 20.6. The Labute approximate surface area is 246 Å². The zero-order chi connectivity index (χ0) is 31.4. The van der Waals surface area contributed by atoms with Gasteiger partial charge in [0.05, 0.1) is 0 Å². The number of para-hydroxylation sites is 4. The van der Waals surface area contributed by atoms with Gasteiger partial charge in [-0.05, 0) is 48.5 Å². The summed E-state index contributed by atoms with van der Waals surface area (Å²) in [7, 11) is 1.45. The van der Waals surface area contributed by atoms with Gasteiger partial charge in [0.1, 0.15) is 0 Å². The quantitative estimate of drug-likeness (QED) is 0.0917. The molecule has 5 aromatic rings. The highest BCUT2D eigenvalue weighted by molar-refractivity contribution is 6.33. The largest absolute Gasteiger partial charge is 0.707 e. The Morgan fingerprint density at radius 2 is 0.674 bits per heavy atom. The van der Waals surface area contributed by atoms with Crippen molar-refractivity contribution < 1.29 is 36.7 Å². The maximum Gasteiger partial charge on any atom is 0.707 e. The van der Waals surface area contributed by atoms with Crippen LogP contribution >= 0.6 is 0 Å². The summed E-state index contributed by atoms with van der Waals surface area (Å²) in [5, 5.41) is 16.3. The van der Waals surface area contributed by atoms with E-state index in [-0.39, 0.29) is 0 Å². The van der Waals surface area contributed by atoms with Crippen molar-refractivity contribution >= 4 is 30.1 Å². The smallest absolute Gasteiger partial charge is 0.507 e. The molecule has 0 atom stereocenters. The van der Waals surface area contributed by atoms with Gasteiger partial charge >= 0.3 is 7.32 Å². The summed E-state index contributed by atoms with van der Waals surface area (Å²) in [5.41, 5.74) is 4.83. The highest BCUT2D eigenvalue weighted by Gasteiger charge is 2.29. The van der Waals surface area contributed by atoms with Crippen LogP contribution in [0.1, 0.15) is 0 Å². The summed E-state index contributed by atoms with van der Waals surface area (Å²) < 4.78 is 66.3. The summed E-state index contributed by atoms with van der Waals surface area (Å²) in [6.07, 6.45) is 0. The summed E-state index contributed by atoms with van der Waals surface area (Å²) in [6.45, 7) is 0. The van der Waals surface area contributed by atoms with E-state index in [2.05, 4.69) is 126 Å². The molecule has 0 radical (unpaired) electrons. The third-order valence-electron chi connectivity index (χ3n) is 5.97. The second-order valence-corrected chi connectivity index (χ2v) is 8.80. The van der Waals surface area contributed by atoms with E-state index in [9.17, 15) is 22.0 Å². The molecule has 0 saturated heterocycles. The molecule has 2 N–H and O–H groups in total. The Hall–Kier alpha value is -4.87. The van der Waals surface area contributed by atoms with Gasteiger partial charge in [-0.2, -0.15) is 8.78 Å². The number of rotatable bonds is 6. The molecular formula is C32H28BF5N2O3. The SMILES string of the molecule is CN(c1ccccc1)c1ccccc1.CN(c1ccccc1)c1ccccc1.OB(O)Oc1c(F)c(F)c(F)c(F)c1F. The molecular weight excluding hydrogens is 566 g/mol. The molecule has 0 fully saturated rings. The first kappa shape index (κ1) is 32.6. The number of hydrogen-bond acceptors (Lipinski definition) is 5. The molecule has 0 unspecified atom stereocenters. The highest BCUT2D eigenvalue weighted by Crippen LogP contribution is 2.29. The van der Waals surface area contributed by atoms with Crippen molar-refractivity contribution in [3.8, 4) is 5.75 Å². The number of hydrogen-bond donors (Lipinski definition) is 2. The van der Waals surface area contributed by atoms with Crippen molar-refractivity contribution in [1.29, 1.82) is 0 Å². The minimum absolute atomic E-state index is 1.21. The van der Waals surface area contributed by atoms with E-state index in [4.69, 9.17) is 10.0 Å². The molecule has 43 heavy (non-hydrogen) atoms. The van der Waals surface area contributed by atoms with Gasteiger partial charge in [0, 0.05) is 36.8 Å². The first-order valence-electron chi connectivity index (χ1n) is 12.8. The fraction of sp³-hybridized carbons (Fsp3) is 0.0625. The van der Waals surface area contributed by atoms with E-state index in [1.165, 1.54) is 22.7 Å². The number of benzene rings is 5. The van der Waals surface area contributed by atoms with Gasteiger partial charge in [-0.3, -0.25) is 0 Å². The second kappa shape index (κ2) is 16.0. The third kappa shape index (κ3) is 9.06. The Morgan fingerprint density at radius 3 is 0.907 bits per heavy atom. The van der Waals surface area contributed by atoms with Crippen LogP contribution in [0.25, 0.3) is 0 Å². The highest BCUT2D eigenvalue weighted by atomic mass is 19.2. The molecule has 0 bridgehead atoms. The van der Waals surface area contributed by atoms with Crippen LogP contribution in [0.3, 0.4) is 0 Å². The fourth-order valence-electron chi connectivity index (χ4n) is 3.70. The van der Waals surface area contributed by atoms with E-state index in [0.29, 0.717) is 0 Å². The molecule has 0 heterocycles. The van der Waals surface area contributed by atoms with Crippen LogP contribution in [-0.4, -0.2) is 31.5 Å². The normalized spacial score (nSPS) is 9.98. The number of anilines is 4. The molecule has 0 saturated carbocycles. The predicted octanol–water partition coefficient (Wildman–Crippen LogP) is 7.64. The van der Waals surface area contributed by atoms with Crippen molar-refractivity contribution in [2.45, 2.75) is 0 Å². The molecule has 0 spiro atoms. The Kier molecular flexibility index (Phi) is 12.1. The molecule has 0 aliphatic rings. The lowest BCUT2D eigenvalue weighted by Gasteiger charge is -2.18. The van der Waals surface area contributed by atoms with Crippen LogP contribution in [0.15, 0.2) is 121 Å². The predicted molar refractivity (Wildman–Crippen MR) is 159 cm³/mol. The maximum atomic E-state index is 12.7. The van der Waals surface area contributed by atoms with Crippen molar-refractivity contribution in [2.24, 2.45) is 0 Å². The zero-order valence-electron chi connectivity index (χ0n) is 23.2. The van der Waals surface area contributed by atoms with E-state index >= 15 is 0 Å². The first-order valence-corrected chi connectivity index (χ1v) is 12.8. The van der Waals surface area contributed by atoms with Gasteiger partial charge in [-0.25, -0.2) is 13.2 Å². The monoisotopic (exact) mass is 594 g/mol. The van der Waals surface area contributed by atoms with Crippen LogP contribution in [0.2, 0.25) is 0 Å². The van der Waals surface area contributed by atoms with Crippen molar-refractivity contribution in [3.63, 3.8) is 0 Å². The van der Waals surface area contributed by atoms with Crippen LogP contribution in [0.5, 0.6) is 5.75 Å². The fourth-order valence-corrected chi connectivity index (χ4v) is 3.70. The summed E-state index contributed by atoms with van der Waals surface area (Å²) in [5.74, 6) is -13.1. The topological polar surface area (TPSA) is 56.2 Å². The average Bonchev–Trinajstić information content (AvgIpc) is 3.06. The van der Waals surface area contributed by atoms with Crippen LogP contribution in [0.4, 0.5) is 44.7 Å². The van der Waals surface area contributed by atoms with Gasteiger partial charge in [0.2, 0.25) is 29.1 Å². The number of nitrogens with zero attached hydrogens (tertiary/aromatic N) is 2. The van der Waals surface area contributed by atoms with Crippen LogP contribution in [-0.2, 0) is 0 Å². The van der Waals surface area contributed by atoms with Crippen molar-refractivity contribution in [3.05, 3.63) is 150 Å². The molecule has 5 nitrogen and oxygen atoms in total. The Morgan fingerprint density at radius 1 is 0.442 bits per heavy atom. The molecule has 0 amide bonds. The lowest BCUT2D eigenvalue weighted by atomic mass is 10.2. The number of halogens is 5. The van der Waals surface area contributed by atoms with Gasteiger partial charge in [0.15, 0.2) is 5.75 Å². The lowest BCUT2D eigenvalue weighted by molar-refractivity contribution is 0.263. The van der Waals surface area contributed by atoms with Crippen molar-refractivity contribution in [1.82, 2.24) is 0 Å². The summed E-state index contributed by atoms with van der Waals surface area (Å²) in [6, 6.07) is 41.4. The maximum absolute atomic E-state index is 12.7. The van der Waals surface area contributed by atoms with Gasteiger partial charge < -0.3 is 24.5 Å². The van der Waals surface area contributed by atoms with Gasteiger partial charge in [-0.1, -0.05) is 72.8 Å². The molecule has 0 aromatic heterocycles. The molecule has 5 rings (SSSR count). The third-order valence-corrected chi connectivity index (χ3v) is 5.97. The minimum Gasteiger partial charge on any atom is -0.507 e. The lowest BCUT2D eigenvalue weighted by Crippen LogP contribution is -2.23. The average molecular weight is 594 g/mol. The van der Waals surface area contributed by atoms with Crippen LogP contribution < -0.4 is 14.5 Å². The zero-order valence-corrected chi connectivity index (χ0v) is 23.2. The summed E-state index contributed by atoms with van der Waals surface area (Å²) >= 11 is 0. The second-order valence-electron chi connectivity index (χ2n) is 8.80. The van der Waals surface area contributed by atoms with E-state index in [1.54, 1.807) is 0 Å². The molecule has 0 aliphatic heterocycles. The van der Waals surface area contributed by atoms with Crippen molar-refractivity contribution in [2.75, 3.05) is 23.9 Å². The van der Waals surface area contributed by atoms with Gasteiger partial charge in [0.25, 0.3) is 0 Å². The summed E-state index contributed by atoms with van der Waals surface area (Å²) in [4.78, 5) is 4.33. The molecule has 11 heteroatoms. The van der Waals surface area contributed by atoms with E-state index in [1.807, 2.05) is 24.3 Å². The molecule has 5 aromatic carbocycles. The standard InChI is InChI=1S/2C13H13N.C6H2BF5O3/c2*1-14(12-8-4-2-5-9-12)13-10-6-3-7-11-13;8-1-2(9)4(11)6(15-7(13)14)5(12)3(1)10/h2*2-11H,1H3;13-14H. The van der Waals surface area contributed by atoms with Gasteiger partial charge in [-0.15, -0.1) is 0 Å². The van der Waals surface area contributed by atoms with Crippen LogP contribution in [0, 0.1) is 29.1 Å². The van der Waals surface area contributed by atoms with E-state index < -0.39 is 42.2 Å². The minimum atomic E-state index is -2.70. The Balaban J connectivity index is 0.000000177. The Bertz CT molecular complexity index is 1360.